The predicted molar refractivity (Wildman–Crippen MR) is 92.4 cm³/mol. The number of imidazole rings is 1. The van der Waals surface area contributed by atoms with E-state index in [0.717, 1.165) is 18.8 Å². The van der Waals surface area contributed by atoms with E-state index < -0.39 is 21.4 Å². The standard InChI is InChI=1S/C16H26N4O4S/c1-3-6-19-7-5-17-14(19)10-18-8-13-9-20(25(23,24)4-2)12-16(13,11-18)15(21)22/h5,7,13H,3-4,6,8-12H2,1-2H3,(H,21,22)/t13-,16-/m0/s1. The van der Waals surface area contributed by atoms with Crippen molar-refractivity contribution in [1.29, 1.82) is 0 Å². The van der Waals surface area contributed by atoms with Gasteiger partial charge in [-0.15, -0.1) is 0 Å². The molecule has 3 rings (SSSR count). The molecule has 140 valence electrons. The van der Waals surface area contributed by atoms with Crippen LogP contribution in [0.25, 0.3) is 0 Å². The number of carbonyl (C=O) groups is 1. The number of hydrogen-bond acceptors (Lipinski definition) is 5. The second-order valence-corrected chi connectivity index (χ2v) is 9.32. The Morgan fingerprint density at radius 2 is 2.12 bits per heavy atom. The molecule has 8 nitrogen and oxygen atoms in total. The zero-order valence-electron chi connectivity index (χ0n) is 14.8. The fourth-order valence-electron chi connectivity index (χ4n) is 4.08. The summed E-state index contributed by atoms with van der Waals surface area (Å²) < 4.78 is 27.8. The van der Waals surface area contributed by atoms with Crippen LogP contribution in [0.5, 0.6) is 0 Å². The number of rotatable bonds is 7. The molecule has 1 aromatic heterocycles. The third-order valence-corrected chi connectivity index (χ3v) is 7.26. The van der Waals surface area contributed by atoms with Gasteiger partial charge in [-0.25, -0.2) is 17.7 Å². The van der Waals surface area contributed by atoms with E-state index in [1.165, 1.54) is 4.31 Å². The summed E-state index contributed by atoms with van der Waals surface area (Å²) in [5.41, 5.74) is -1.01. The minimum Gasteiger partial charge on any atom is -0.481 e. The molecule has 9 heteroatoms. The molecule has 0 bridgehead atoms. The summed E-state index contributed by atoms with van der Waals surface area (Å²) in [5, 5.41) is 9.84. The van der Waals surface area contributed by atoms with E-state index >= 15 is 0 Å². The quantitative estimate of drug-likeness (QED) is 0.749. The van der Waals surface area contributed by atoms with Gasteiger partial charge in [-0.1, -0.05) is 6.92 Å². The summed E-state index contributed by atoms with van der Waals surface area (Å²) in [6, 6.07) is 0. The smallest absolute Gasteiger partial charge is 0.312 e. The Labute approximate surface area is 148 Å². The van der Waals surface area contributed by atoms with Crippen LogP contribution >= 0.6 is 0 Å². The first-order valence-electron chi connectivity index (χ1n) is 8.76. The number of carboxylic acids is 1. The van der Waals surface area contributed by atoms with Crippen molar-refractivity contribution in [2.75, 3.05) is 31.9 Å². The molecule has 0 aliphatic carbocycles. The molecular formula is C16H26N4O4S. The van der Waals surface area contributed by atoms with Crippen LogP contribution < -0.4 is 0 Å². The van der Waals surface area contributed by atoms with Crippen molar-refractivity contribution in [2.45, 2.75) is 33.4 Å². The molecule has 25 heavy (non-hydrogen) atoms. The van der Waals surface area contributed by atoms with Crippen LogP contribution in [-0.4, -0.2) is 70.2 Å². The zero-order chi connectivity index (χ0) is 18.2. The first-order chi connectivity index (χ1) is 11.8. The van der Waals surface area contributed by atoms with Crippen LogP contribution in [0.1, 0.15) is 26.1 Å². The molecule has 1 aromatic rings. The minimum absolute atomic E-state index is 0.00753. The van der Waals surface area contributed by atoms with Crippen molar-refractivity contribution >= 4 is 16.0 Å². The Balaban J connectivity index is 1.76. The molecule has 0 spiro atoms. The van der Waals surface area contributed by atoms with E-state index in [1.54, 1.807) is 13.1 Å². The molecule has 0 radical (unpaired) electrons. The number of nitrogens with zero attached hydrogens (tertiary/aromatic N) is 4. The monoisotopic (exact) mass is 370 g/mol. The molecule has 0 saturated carbocycles. The first-order valence-corrected chi connectivity index (χ1v) is 10.4. The molecule has 0 aromatic carbocycles. The van der Waals surface area contributed by atoms with E-state index in [1.807, 2.05) is 6.20 Å². The largest absolute Gasteiger partial charge is 0.481 e. The number of carboxylic acid groups (broad SMARTS) is 1. The Morgan fingerprint density at radius 3 is 2.72 bits per heavy atom. The van der Waals surface area contributed by atoms with E-state index in [-0.39, 0.29) is 18.2 Å². The van der Waals surface area contributed by atoms with E-state index in [2.05, 4.69) is 21.4 Å². The van der Waals surface area contributed by atoms with Gasteiger partial charge in [-0.2, -0.15) is 0 Å². The van der Waals surface area contributed by atoms with Gasteiger partial charge < -0.3 is 9.67 Å². The summed E-state index contributed by atoms with van der Waals surface area (Å²) in [7, 11) is -3.36. The summed E-state index contributed by atoms with van der Waals surface area (Å²) >= 11 is 0. The molecule has 2 atom stereocenters. The molecule has 2 saturated heterocycles. The first kappa shape index (κ1) is 18.3. The summed E-state index contributed by atoms with van der Waals surface area (Å²) in [4.78, 5) is 18.5. The van der Waals surface area contributed by atoms with Crippen molar-refractivity contribution in [3.63, 3.8) is 0 Å². The second kappa shape index (κ2) is 6.69. The van der Waals surface area contributed by atoms with Crippen LogP contribution in [0.3, 0.4) is 0 Å². The Kier molecular flexibility index (Phi) is 4.91. The van der Waals surface area contributed by atoms with Crippen molar-refractivity contribution in [3.8, 4) is 0 Å². The van der Waals surface area contributed by atoms with Gasteiger partial charge in [0.05, 0.1) is 17.7 Å². The Morgan fingerprint density at radius 1 is 1.36 bits per heavy atom. The summed E-state index contributed by atoms with van der Waals surface area (Å²) in [5.74, 6) is -0.139. The van der Waals surface area contributed by atoms with E-state index in [9.17, 15) is 18.3 Å². The summed E-state index contributed by atoms with van der Waals surface area (Å²) in [6.07, 6.45) is 4.72. The topological polar surface area (TPSA) is 95.7 Å². The molecule has 0 amide bonds. The van der Waals surface area contributed by atoms with Crippen molar-refractivity contribution < 1.29 is 18.3 Å². The number of likely N-dealkylation sites (tertiary alicyclic amines) is 1. The lowest BCUT2D eigenvalue weighted by molar-refractivity contribution is -0.148. The van der Waals surface area contributed by atoms with Gasteiger partial charge in [0, 0.05) is 51.0 Å². The second-order valence-electron chi connectivity index (χ2n) is 7.06. The van der Waals surface area contributed by atoms with E-state index in [4.69, 9.17) is 0 Å². The number of sulfonamides is 1. The number of aromatic nitrogens is 2. The van der Waals surface area contributed by atoms with E-state index in [0.29, 0.717) is 26.2 Å². The normalized spacial score (nSPS) is 27.7. The fourth-order valence-corrected chi connectivity index (χ4v) is 5.28. The lowest BCUT2D eigenvalue weighted by Gasteiger charge is -2.25. The van der Waals surface area contributed by atoms with Crippen molar-refractivity contribution in [3.05, 3.63) is 18.2 Å². The van der Waals surface area contributed by atoms with Crippen LogP contribution in [-0.2, 0) is 27.9 Å². The molecular weight excluding hydrogens is 344 g/mol. The van der Waals surface area contributed by atoms with Gasteiger partial charge in [0.25, 0.3) is 0 Å². The van der Waals surface area contributed by atoms with Gasteiger partial charge in [0.1, 0.15) is 5.82 Å². The van der Waals surface area contributed by atoms with Crippen LogP contribution in [0.4, 0.5) is 0 Å². The van der Waals surface area contributed by atoms with Gasteiger partial charge in [0.2, 0.25) is 10.0 Å². The maximum atomic E-state index is 12.2. The lowest BCUT2D eigenvalue weighted by atomic mass is 9.81. The predicted octanol–water partition coefficient (Wildman–Crippen LogP) is 0.461. The van der Waals surface area contributed by atoms with Gasteiger partial charge in [0.15, 0.2) is 0 Å². The van der Waals surface area contributed by atoms with Crippen molar-refractivity contribution in [2.24, 2.45) is 11.3 Å². The lowest BCUT2D eigenvalue weighted by Crippen LogP contribution is -2.42. The third kappa shape index (κ3) is 3.20. The molecule has 0 unspecified atom stereocenters. The van der Waals surface area contributed by atoms with Crippen LogP contribution in [0.2, 0.25) is 0 Å². The van der Waals surface area contributed by atoms with Gasteiger partial charge >= 0.3 is 5.97 Å². The number of aliphatic carboxylic acids is 1. The Bertz CT molecular complexity index is 747. The Hall–Kier alpha value is -1.45. The third-order valence-electron chi connectivity index (χ3n) is 5.46. The maximum absolute atomic E-state index is 12.2. The molecule has 1 N–H and O–H groups in total. The number of aryl methyl sites for hydroxylation is 1. The SMILES string of the molecule is CCCn1ccnc1CN1C[C@H]2CN(S(=O)(=O)CC)C[C@@]2(C(=O)O)C1. The highest BCUT2D eigenvalue weighted by atomic mass is 32.2. The maximum Gasteiger partial charge on any atom is 0.312 e. The minimum atomic E-state index is -3.36. The average Bonchev–Trinajstić information content (AvgIpc) is 3.21. The van der Waals surface area contributed by atoms with Gasteiger partial charge in [-0.3, -0.25) is 9.69 Å². The molecule has 3 heterocycles. The highest BCUT2D eigenvalue weighted by Crippen LogP contribution is 2.44. The summed E-state index contributed by atoms with van der Waals surface area (Å²) in [6.45, 7) is 6.50. The number of fused-ring (bicyclic) bond motifs is 1. The fraction of sp³-hybridized carbons (Fsp3) is 0.750. The highest BCUT2D eigenvalue weighted by molar-refractivity contribution is 7.89. The van der Waals surface area contributed by atoms with Gasteiger partial charge in [-0.05, 0) is 13.3 Å². The van der Waals surface area contributed by atoms with Crippen LogP contribution in [0, 0.1) is 11.3 Å². The highest BCUT2D eigenvalue weighted by Gasteiger charge is 2.59. The molecule has 2 aliphatic rings. The molecule has 2 aliphatic heterocycles. The molecule has 2 fully saturated rings. The zero-order valence-corrected chi connectivity index (χ0v) is 15.6. The van der Waals surface area contributed by atoms with Crippen molar-refractivity contribution in [1.82, 2.24) is 18.8 Å². The average molecular weight is 370 g/mol. The van der Waals surface area contributed by atoms with Crippen LogP contribution in [0.15, 0.2) is 12.4 Å². The number of hydrogen-bond donors (Lipinski definition) is 1.